The second-order valence-electron chi connectivity index (χ2n) is 7.29. The van der Waals surface area contributed by atoms with Crippen LogP contribution in [0.2, 0.25) is 0 Å². The summed E-state index contributed by atoms with van der Waals surface area (Å²) in [6, 6.07) is 13.4. The number of amides is 2. The molecule has 0 fully saturated rings. The summed E-state index contributed by atoms with van der Waals surface area (Å²) in [5, 5.41) is 5.56. The van der Waals surface area contributed by atoms with Crippen LogP contribution in [-0.4, -0.2) is 32.8 Å². The van der Waals surface area contributed by atoms with E-state index in [2.05, 4.69) is 24.5 Å². The number of nitrogens with one attached hydrogen (secondary N) is 2. The molecule has 2 aromatic rings. The van der Waals surface area contributed by atoms with Crippen LogP contribution in [0.3, 0.4) is 0 Å². The van der Waals surface area contributed by atoms with Crippen LogP contribution in [0.15, 0.2) is 54.1 Å². The van der Waals surface area contributed by atoms with Gasteiger partial charge in [-0.2, -0.15) is 0 Å². The summed E-state index contributed by atoms with van der Waals surface area (Å²) >= 11 is 0. The van der Waals surface area contributed by atoms with E-state index < -0.39 is 18.0 Å². The number of hydrogen-bond donors (Lipinski definition) is 2. The lowest BCUT2D eigenvalue weighted by atomic mass is 9.92. The van der Waals surface area contributed by atoms with Crippen molar-refractivity contribution in [3.63, 3.8) is 0 Å². The smallest absolute Gasteiger partial charge is 0.338 e. The lowest BCUT2D eigenvalue weighted by Crippen LogP contribution is -2.45. The molecule has 0 spiro atoms. The van der Waals surface area contributed by atoms with Gasteiger partial charge in [0.1, 0.15) is 0 Å². The fourth-order valence-corrected chi connectivity index (χ4v) is 3.22. The molecule has 0 saturated carbocycles. The third-order valence-electron chi connectivity index (χ3n) is 4.63. The molecule has 0 aliphatic carbocycles. The predicted molar refractivity (Wildman–Crippen MR) is 113 cm³/mol. The van der Waals surface area contributed by atoms with E-state index in [1.807, 2.05) is 30.3 Å². The number of ether oxygens (including phenoxy) is 3. The van der Waals surface area contributed by atoms with Crippen LogP contribution >= 0.6 is 0 Å². The molecular formula is C23H26N2O5. The number of esters is 1. The van der Waals surface area contributed by atoms with E-state index in [9.17, 15) is 9.59 Å². The van der Waals surface area contributed by atoms with E-state index in [1.165, 1.54) is 7.11 Å². The van der Waals surface area contributed by atoms with Crippen LogP contribution in [0.4, 0.5) is 4.79 Å². The van der Waals surface area contributed by atoms with Crippen LogP contribution in [0, 0.1) is 5.92 Å². The van der Waals surface area contributed by atoms with Crippen LogP contribution in [-0.2, 0) is 9.53 Å². The largest absolute Gasteiger partial charge is 0.493 e. The fraction of sp³-hybridized carbons (Fsp3) is 0.304. The zero-order valence-electron chi connectivity index (χ0n) is 17.5. The molecule has 158 valence electrons. The zero-order chi connectivity index (χ0) is 21.7. The van der Waals surface area contributed by atoms with Crippen molar-refractivity contribution in [2.75, 3.05) is 20.8 Å². The van der Waals surface area contributed by atoms with Gasteiger partial charge in [0, 0.05) is 0 Å². The Morgan fingerprint density at radius 2 is 1.80 bits per heavy atom. The molecule has 2 amide bonds. The number of rotatable bonds is 7. The Labute approximate surface area is 176 Å². The maximum atomic E-state index is 12.7. The summed E-state index contributed by atoms with van der Waals surface area (Å²) < 4.78 is 16.3. The molecule has 2 N–H and O–H groups in total. The SMILES string of the molecule is COC(=O)C1=C(c2ccccc2)NC(=O)NC1c1ccc(OCC(C)C)c(OC)c1. The zero-order valence-corrected chi connectivity index (χ0v) is 17.5. The Morgan fingerprint density at radius 3 is 2.43 bits per heavy atom. The predicted octanol–water partition coefficient (Wildman–Crippen LogP) is 3.67. The van der Waals surface area contributed by atoms with Crippen molar-refractivity contribution in [2.45, 2.75) is 19.9 Å². The van der Waals surface area contributed by atoms with Gasteiger partial charge in [0.05, 0.1) is 38.1 Å². The van der Waals surface area contributed by atoms with Crippen LogP contribution in [0.25, 0.3) is 5.70 Å². The number of carbonyl (C=O) groups excluding carboxylic acids is 2. The van der Waals surface area contributed by atoms with E-state index >= 15 is 0 Å². The topological polar surface area (TPSA) is 85.9 Å². The first kappa shape index (κ1) is 21.2. The second kappa shape index (κ2) is 9.35. The van der Waals surface area contributed by atoms with Crippen molar-refractivity contribution in [1.82, 2.24) is 10.6 Å². The molecule has 1 atom stereocenters. The molecule has 0 bridgehead atoms. The van der Waals surface area contributed by atoms with Gasteiger partial charge in [-0.3, -0.25) is 0 Å². The minimum atomic E-state index is -0.713. The van der Waals surface area contributed by atoms with Gasteiger partial charge in [-0.1, -0.05) is 50.2 Å². The molecule has 30 heavy (non-hydrogen) atoms. The van der Waals surface area contributed by atoms with Crippen molar-refractivity contribution in [3.8, 4) is 11.5 Å². The molecule has 7 heteroatoms. The number of hydrogen-bond acceptors (Lipinski definition) is 5. The van der Waals surface area contributed by atoms with Gasteiger partial charge in [-0.25, -0.2) is 9.59 Å². The van der Waals surface area contributed by atoms with Gasteiger partial charge in [0.15, 0.2) is 11.5 Å². The summed E-state index contributed by atoms with van der Waals surface area (Å²) in [6.07, 6.45) is 0. The molecule has 1 aliphatic heterocycles. The van der Waals surface area contributed by atoms with Gasteiger partial charge in [-0.05, 0) is 29.2 Å². The molecule has 1 heterocycles. The maximum Gasteiger partial charge on any atom is 0.338 e. The van der Waals surface area contributed by atoms with Gasteiger partial charge >= 0.3 is 12.0 Å². The van der Waals surface area contributed by atoms with Crippen LogP contribution < -0.4 is 20.1 Å². The number of benzene rings is 2. The molecule has 0 aromatic heterocycles. The number of urea groups is 1. The van der Waals surface area contributed by atoms with Gasteiger partial charge < -0.3 is 24.8 Å². The van der Waals surface area contributed by atoms with Crippen molar-refractivity contribution in [2.24, 2.45) is 5.92 Å². The Bertz CT molecular complexity index is 953. The minimum absolute atomic E-state index is 0.307. The van der Waals surface area contributed by atoms with E-state index in [4.69, 9.17) is 14.2 Å². The number of methoxy groups -OCH3 is 2. The Morgan fingerprint density at radius 1 is 1.07 bits per heavy atom. The van der Waals surface area contributed by atoms with E-state index in [-0.39, 0.29) is 0 Å². The molecule has 2 aromatic carbocycles. The van der Waals surface area contributed by atoms with Crippen molar-refractivity contribution >= 4 is 17.7 Å². The summed E-state index contributed by atoms with van der Waals surface area (Å²) in [5.41, 5.74) is 2.10. The molecule has 7 nitrogen and oxygen atoms in total. The van der Waals surface area contributed by atoms with Crippen molar-refractivity contribution in [3.05, 3.63) is 65.2 Å². The normalized spacial score (nSPS) is 16.0. The quantitative estimate of drug-likeness (QED) is 0.681. The van der Waals surface area contributed by atoms with Crippen LogP contribution in [0.1, 0.15) is 31.0 Å². The van der Waals surface area contributed by atoms with E-state index in [0.29, 0.717) is 46.4 Å². The Balaban J connectivity index is 2.08. The first-order valence-corrected chi connectivity index (χ1v) is 9.70. The monoisotopic (exact) mass is 410 g/mol. The van der Waals surface area contributed by atoms with E-state index in [0.717, 1.165) is 0 Å². The first-order chi connectivity index (χ1) is 14.4. The lowest BCUT2D eigenvalue weighted by Gasteiger charge is -2.29. The minimum Gasteiger partial charge on any atom is -0.493 e. The summed E-state index contributed by atoms with van der Waals surface area (Å²) in [6.45, 7) is 4.67. The first-order valence-electron chi connectivity index (χ1n) is 9.70. The average Bonchev–Trinajstić information content (AvgIpc) is 2.77. The maximum absolute atomic E-state index is 12.7. The number of carbonyl (C=O) groups is 2. The highest BCUT2D eigenvalue weighted by Gasteiger charge is 2.34. The average molecular weight is 410 g/mol. The van der Waals surface area contributed by atoms with Gasteiger partial charge in [-0.15, -0.1) is 0 Å². The molecule has 1 aliphatic rings. The highest BCUT2D eigenvalue weighted by molar-refractivity contribution is 6.04. The highest BCUT2D eigenvalue weighted by atomic mass is 16.5. The van der Waals surface area contributed by atoms with Crippen LogP contribution in [0.5, 0.6) is 11.5 Å². The third-order valence-corrected chi connectivity index (χ3v) is 4.63. The lowest BCUT2D eigenvalue weighted by molar-refractivity contribution is -0.136. The second-order valence-corrected chi connectivity index (χ2v) is 7.29. The van der Waals surface area contributed by atoms with Gasteiger partial charge in [0.25, 0.3) is 0 Å². The molecular weight excluding hydrogens is 384 g/mol. The molecule has 3 rings (SSSR count). The molecule has 1 unspecified atom stereocenters. The third kappa shape index (κ3) is 4.56. The van der Waals surface area contributed by atoms with E-state index in [1.54, 1.807) is 25.3 Å². The highest BCUT2D eigenvalue weighted by Crippen LogP contribution is 2.36. The summed E-state index contributed by atoms with van der Waals surface area (Å²) in [5.74, 6) is 0.944. The summed E-state index contributed by atoms with van der Waals surface area (Å²) in [7, 11) is 2.86. The van der Waals surface area contributed by atoms with Crippen molar-refractivity contribution < 1.29 is 23.8 Å². The molecule has 0 saturated heterocycles. The fourth-order valence-electron chi connectivity index (χ4n) is 3.22. The Kier molecular flexibility index (Phi) is 6.61. The van der Waals surface area contributed by atoms with Crippen molar-refractivity contribution in [1.29, 1.82) is 0 Å². The van der Waals surface area contributed by atoms with Gasteiger partial charge in [0.2, 0.25) is 0 Å². The standard InChI is InChI=1S/C23H26N2O5/c1-14(2)13-30-17-11-10-16(12-18(17)28-3)21-19(22(26)29-4)20(24-23(27)25-21)15-8-6-5-7-9-15/h5-12,14,21H,13H2,1-4H3,(H2,24,25,27). The summed E-state index contributed by atoms with van der Waals surface area (Å²) in [4.78, 5) is 25.1. The molecule has 0 radical (unpaired) electrons. The Hall–Kier alpha value is -3.48.